The third-order valence-corrected chi connectivity index (χ3v) is 1.76. The Labute approximate surface area is 91.1 Å². The minimum Gasteiger partial charge on any atom is -0.379 e. The van der Waals surface area contributed by atoms with Gasteiger partial charge in [0, 0.05) is 13.2 Å². The number of nitrogens with two attached hydrogens (primary N) is 2. The molecule has 0 aromatic rings. The molecule has 90 valence electrons. The Bertz CT molecular complexity index is 174. The molecule has 1 amide bonds. The molecule has 0 bridgehead atoms. The molecular formula is C10H22N2O3. The molecule has 5 nitrogen and oxygen atoms in total. The highest BCUT2D eigenvalue weighted by atomic mass is 16.5. The summed E-state index contributed by atoms with van der Waals surface area (Å²) in [7, 11) is 0. The highest BCUT2D eigenvalue weighted by molar-refractivity contribution is 5.79. The number of primary amides is 1. The summed E-state index contributed by atoms with van der Waals surface area (Å²) in [5.74, 6) is 0.0444. The summed E-state index contributed by atoms with van der Waals surface area (Å²) in [4.78, 5) is 10.6. The van der Waals surface area contributed by atoms with Crippen LogP contribution in [0.25, 0.3) is 0 Å². The molecule has 0 radical (unpaired) electrons. The number of hydrogen-bond donors (Lipinski definition) is 2. The van der Waals surface area contributed by atoms with Crippen LogP contribution in [-0.4, -0.2) is 38.4 Å². The highest BCUT2D eigenvalue weighted by Crippen LogP contribution is 1.93. The molecule has 0 aliphatic carbocycles. The van der Waals surface area contributed by atoms with E-state index in [4.69, 9.17) is 20.9 Å². The topological polar surface area (TPSA) is 87.6 Å². The fraction of sp³-hybridized carbons (Fsp3) is 0.900. The second-order valence-corrected chi connectivity index (χ2v) is 3.88. The third kappa shape index (κ3) is 9.65. The second-order valence-electron chi connectivity index (χ2n) is 3.88. The van der Waals surface area contributed by atoms with Crippen molar-refractivity contribution in [2.45, 2.75) is 26.3 Å². The lowest BCUT2D eigenvalue weighted by atomic mass is 10.2. The fourth-order valence-electron chi connectivity index (χ4n) is 0.892. The maximum atomic E-state index is 10.6. The van der Waals surface area contributed by atoms with Crippen LogP contribution in [0.3, 0.4) is 0 Å². The predicted molar refractivity (Wildman–Crippen MR) is 58.3 cm³/mol. The summed E-state index contributed by atoms with van der Waals surface area (Å²) in [5, 5.41) is 0. The van der Waals surface area contributed by atoms with E-state index in [1.807, 2.05) is 0 Å². The van der Waals surface area contributed by atoms with Crippen molar-refractivity contribution in [3.63, 3.8) is 0 Å². The minimum absolute atomic E-state index is 0.440. The molecule has 0 aliphatic rings. The molecule has 0 fully saturated rings. The monoisotopic (exact) mass is 218 g/mol. The molecule has 1 unspecified atom stereocenters. The van der Waals surface area contributed by atoms with Crippen molar-refractivity contribution in [3.05, 3.63) is 0 Å². The summed E-state index contributed by atoms with van der Waals surface area (Å²) >= 11 is 0. The number of rotatable bonds is 9. The number of hydrogen-bond acceptors (Lipinski definition) is 4. The van der Waals surface area contributed by atoms with Crippen molar-refractivity contribution in [2.75, 3.05) is 26.4 Å². The van der Waals surface area contributed by atoms with Gasteiger partial charge in [-0.15, -0.1) is 0 Å². The van der Waals surface area contributed by atoms with Crippen LogP contribution in [-0.2, 0) is 14.3 Å². The summed E-state index contributed by atoms with van der Waals surface area (Å²) < 4.78 is 10.5. The third-order valence-electron chi connectivity index (χ3n) is 1.76. The van der Waals surface area contributed by atoms with Crippen LogP contribution in [0.4, 0.5) is 0 Å². The van der Waals surface area contributed by atoms with Crippen molar-refractivity contribution in [1.29, 1.82) is 0 Å². The Morgan fingerprint density at radius 1 is 1.20 bits per heavy atom. The normalized spacial score (nSPS) is 13.1. The van der Waals surface area contributed by atoms with Gasteiger partial charge in [0.15, 0.2) is 0 Å². The van der Waals surface area contributed by atoms with Crippen LogP contribution in [0.1, 0.15) is 20.3 Å². The van der Waals surface area contributed by atoms with Crippen LogP contribution >= 0.6 is 0 Å². The van der Waals surface area contributed by atoms with Gasteiger partial charge in [0.2, 0.25) is 5.91 Å². The second kappa shape index (κ2) is 8.64. The average molecular weight is 218 g/mol. The van der Waals surface area contributed by atoms with E-state index in [1.54, 1.807) is 0 Å². The molecule has 0 aromatic heterocycles. The lowest BCUT2D eigenvalue weighted by Crippen LogP contribution is -2.37. The molecule has 0 saturated heterocycles. The largest absolute Gasteiger partial charge is 0.379 e. The van der Waals surface area contributed by atoms with Gasteiger partial charge in [0.05, 0.1) is 19.3 Å². The number of carbonyl (C=O) groups excluding carboxylic acids is 1. The van der Waals surface area contributed by atoms with Gasteiger partial charge in [-0.3, -0.25) is 4.79 Å². The van der Waals surface area contributed by atoms with Gasteiger partial charge in [-0.25, -0.2) is 0 Å². The molecule has 0 heterocycles. The van der Waals surface area contributed by atoms with E-state index in [-0.39, 0.29) is 0 Å². The van der Waals surface area contributed by atoms with E-state index >= 15 is 0 Å². The van der Waals surface area contributed by atoms with E-state index in [2.05, 4.69) is 13.8 Å². The first-order chi connectivity index (χ1) is 7.04. The molecule has 0 spiro atoms. The summed E-state index contributed by atoms with van der Waals surface area (Å²) in [6.07, 6.45) is 0.458. The maximum Gasteiger partial charge on any atom is 0.234 e. The van der Waals surface area contributed by atoms with Crippen molar-refractivity contribution >= 4 is 5.91 Å². The molecule has 0 aliphatic heterocycles. The minimum atomic E-state index is -0.610. The standard InChI is InChI=1S/C10H22N2O3/c1-8(2)7-15-6-5-14-4-3-9(11)10(12)13/h8-9H,3-7,11H2,1-2H3,(H2,12,13). The quantitative estimate of drug-likeness (QED) is 0.528. The van der Waals surface area contributed by atoms with Crippen molar-refractivity contribution in [1.82, 2.24) is 0 Å². The first-order valence-electron chi connectivity index (χ1n) is 5.24. The van der Waals surface area contributed by atoms with Gasteiger partial charge >= 0.3 is 0 Å². The van der Waals surface area contributed by atoms with E-state index in [9.17, 15) is 4.79 Å². The Kier molecular flexibility index (Phi) is 8.27. The van der Waals surface area contributed by atoms with Crippen LogP contribution in [0.5, 0.6) is 0 Å². The zero-order valence-corrected chi connectivity index (χ0v) is 9.57. The van der Waals surface area contributed by atoms with E-state index in [0.717, 1.165) is 6.61 Å². The van der Waals surface area contributed by atoms with E-state index in [0.29, 0.717) is 32.2 Å². The van der Waals surface area contributed by atoms with Gasteiger partial charge < -0.3 is 20.9 Å². The molecule has 15 heavy (non-hydrogen) atoms. The predicted octanol–water partition coefficient (Wildman–Crippen LogP) is -0.122. The molecule has 4 N–H and O–H groups in total. The molecule has 1 atom stereocenters. The zero-order chi connectivity index (χ0) is 11.7. The van der Waals surface area contributed by atoms with Gasteiger partial charge in [0.25, 0.3) is 0 Å². The van der Waals surface area contributed by atoms with Crippen LogP contribution in [0, 0.1) is 5.92 Å². The van der Waals surface area contributed by atoms with E-state index in [1.165, 1.54) is 0 Å². The van der Waals surface area contributed by atoms with Crippen LogP contribution in [0.2, 0.25) is 0 Å². The molecular weight excluding hydrogens is 196 g/mol. The number of ether oxygens (including phenoxy) is 2. The molecule has 0 saturated carbocycles. The number of carbonyl (C=O) groups is 1. The van der Waals surface area contributed by atoms with Crippen molar-refractivity contribution < 1.29 is 14.3 Å². The smallest absolute Gasteiger partial charge is 0.234 e. The summed E-state index contributed by atoms with van der Waals surface area (Å²) in [6, 6.07) is -0.610. The van der Waals surface area contributed by atoms with Gasteiger partial charge in [-0.2, -0.15) is 0 Å². The SMILES string of the molecule is CC(C)COCCOCCC(N)C(N)=O. The first-order valence-corrected chi connectivity index (χ1v) is 5.24. The Balaban J connectivity index is 3.15. The van der Waals surface area contributed by atoms with Crippen LogP contribution < -0.4 is 11.5 Å². The molecule has 0 rings (SSSR count). The van der Waals surface area contributed by atoms with Gasteiger partial charge in [-0.05, 0) is 12.3 Å². The Morgan fingerprint density at radius 3 is 2.33 bits per heavy atom. The average Bonchev–Trinajstić information content (AvgIpc) is 2.15. The van der Waals surface area contributed by atoms with Crippen molar-refractivity contribution in [3.8, 4) is 0 Å². The van der Waals surface area contributed by atoms with Crippen LogP contribution in [0.15, 0.2) is 0 Å². The maximum absolute atomic E-state index is 10.6. The Hall–Kier alpha value is -0.650. The summed E-state index contributed by atoms with van der Waals surface area (Å²) in [5.41, 5.74) is 10.4. The lowest BCUT2D eigenvalue weighted by molar-refractivity contribution is -0.119. The molecule has 0 aromatic carbocycles. The van der Waals surface area contributed by atoms with Crippen molar-refractivity contribution in [2.24, 2.45) is 17.4 Å². The lowest BCUT2D eigenvalue weighted by Gasteiger charge is -2.09. The highest BCUT2D eigenvalue weighted by Gasteiger charge is 2.07. The van der Waals surface area contributed by atoms with E-state index < -0.39 is 11.9 Å². The first kappa shape index (κ1) is 14.3. The summed E-state index contributed by atoms with van der Waals surface area (Å²) in [6.45, 7) is 6.46. The van der Waals surface area contributed by atoms with Gasteiger partial charge in [-0.1, -0.05) is 13.8 Å². The fourth-order valence-corrected chi connectivity index (χ4v) is 0.892. The molecule has 5 heteroatoms. The zero-order valence-electron chi connectivity index (χ0n) is 9.57. The number of amides is 1. The Morgan fingerprint density at radius 2 is 1.80 bits per heavy atom. The van der Waals surface area contributed by atoms with Gasteiger partial charge in [0.1, 0.15) is 0 Å².